The molecular formula is C21H22N4O4. The Hall–Kier alpha value is -3.55. The summed E-state index contributed by atoms with van der Waals surface area (Å²) in [6, 6.07) is 13.9. The van der Waals surface area contributed by atoms with Crippen molar-refractivity contribution in [3.63, 3.8) is 0 Å². The lowest BCUT2D eigenvalue weighted by atomic mass is 10.2. The van der Waals surface area contributed by atoms with Gasteiger partial charge in [-0.25, -0.2) is 4.79 Å². The monoisotopic (exact) mass is 394 g/mol. The molecule has 0 aliphatic carbocycles. The molecule has 0 unspecified atom stereocenters. The number of para-hydroxylation sites is 1. The Morgan fingerprint density at radius 2 is 1.66 bits per heavy atom. The van der Waals surface area contributed by atoms with Crippen LogP contribution in [-0.4, -0.2) is 51.6 Å². The first-order valence-corrected chi connectivity index (χ1v) is 9.56. The van der Waals surface area contributed by atoms with E-state index in [1.165, 1.54) is 4.57 Å². The number of hydrogen-bond acceptors (Lipinski definition) is 5. The Kier molecular flexibility index (Phi) is 5.07. The van der Waals surface area contributed by atoms with E-state index in [1.807, 2.05) is 12.1 Å². The number of benzene rings is 2. The van der Waals surface area contributed by atoms with Crippen molar-refractivity contribution in [3.8, 4) is 5.75 Å². The van der Waals surface area contributed by atoms with Crippen LogP contribution in [0.1, 0.15) is 6.42 Å². The van der Waals surface area contributed by atoms with Crippen LogP contribution in [0.2, 0.25) is 0 Å². The van der Waals surface area contributed by atoms with Gasteiger partial charge in [-0.1, -0.05) is 12.1 Å². The number of aromatic amines is 1. The molecule has 0 spiro atoms. The standard InChI is InChI=1S/C21H22N4O4/c26-16-7-5-15(6-8-16)23-11-13-24(14-12-23)19(27)9-10-25-18-4-2-1-3-17(18)20(28)22-21(25)29/h1-8,26H,9-14H2,(H,22,28,29). The summed E-state index contributed by atoms with van der Waals surface area (Å²) in [4.78, 5) is 43.1. The van der Waals surface area contributed by atoms with Crippen LogP contribution in [-0.2, 0) is 11.3 Å². The molecule has 1 aliphatic rings. The van der Waals surface area contributed by atoms with Crippen LogP contribution in [0.3, 0.4) is 0 Å². The van der Waals surface area contributed by atoms with E-state index in [1.54, 1.807) is 41.3 Å². The maximum absolute atomic E-state index is 12.7. The zero-order valence-electron chi connectivity index (χ0n) is 15.9. The van der Waals surface area contributed by atoms with Gasteiger partial charge in [-0.2, -0.15) is 0 Å². The minimum atomic E-state index is -0.501. The molecule has 2 heterocycles. The predicted molar refractivity (Wildman–Crippen MR) is 110 cm³/mol. The molecule has 1 fully saturated rings. The number of fused-ring (bicyclic) bond motifs is 1. The van der Waals surface area contributed by atoms with Crippen LogP contribution in [0.5, 0.6) is 5.75 Å². The molecule has 8 heteroatoms. The molecule has 1 aromatic heterocycles. The van der Waals surface area contributed by atoms with Gasteiger partial charge in [0.15, 0.2) is 0 Å². The fourth-order valence-electron chi connectivity index (χ4n) is 3.71. The van der Waals surface area contributed by atoms with Gasteiger partial charge < -0.3 is 14.9 Å². The summed E-state index contributed by atoms with van der Waals surface area (Å²) in [6.45, 7) is 2.82. The van der Waals surface area contributed by atoms with E-state index in [2.05, 4.69) is 9.88 Å². The van der Waals surface area contributed by atoms with Crippen molar-refractivity contribution < 1.29 is 9.90 Å². The molecule has 4 rings (SSSR count). The Balaban J connectivity index is 1.40. The number of phenols is 1. The Morgan fingerprint density at radius 3 is 2.38 bits per heavy atom. The fraction of sp³-hybridized carbons (Fsp3) is 0.286. The fourth-order valence-corrected chi connectivity index (χ4v) is 3.71. The predicted octanol–water partition coefficient (Wildman–Crippen LogP) is 1.13. The maximum atomic E-state index is 12.7. The lowest BCUT2D eigenvalue weighted by Gasteiger charge is -2.36. The molecule has 1 amide bonds. The van der Waals surface area contributed by atoms with E-state index in [0.29, 0.717) is 37.1 Å². The van der Waals surface area contributed by atoms with Crippen molar-refractivity contribution in [1.82, 2.24) is 14.5 Å². The van der Waals surface area contributed by atoms with Crippen molar-refractivity contribution >= 4 is 22.5 Å². The van der Waals surface area contributed by atoms with Crippen molar-refractivity contribution in [2.75, 3.05) is 31.1 Å². The first-order chi connectivity index (χ1) is 14.0. The molecule has 2 aromatic carbocycles. The third kappa shape index (κ3) is 3.87. The van der Waals surface area contributed by atoms with Crippen LogP contribution in [0.4, 0.5) is 5.69 Å². The Morgan fingerprint density at radius 1 is 0.966 bits per heavy atom. The molecule has 0 bridgehead atoms. The van der Waals surface area contributed by atoms with Gasteiger partial charge in [0.25, 0.3) is 5.56 Å². The first-order valence-electron chi connectivity index (χ1n) is 9.56. The van der Waals surface area contributed by atoms with Gasteiger partial charge >= 0.3 is 5.69 Å². The number of amides is 1. The van der Waals surface area contributed by atoms with E-state index in [4.69, 9.17) is 0 Å². The van der Waals surface area contributed by atoms with Crippen LogP contribution in [0, 0.1) is 0 Å². The number of aromatic hydroxyl groups is 1. The van der Waals surface area contributed by atoms with Crippen molar-refractivity contribution in [2.45, 2.75) is 13.0 Å². The number of nitrogens with zero attached hydrogens (tertiary/aromatic N) is 3. The summed E-state index contributed by atoms with van der Waals surface area (Å²) in [5.41, 5.74) is 0.629. The quantitative estimate of drug-likeness (QED) is 0.691. The largest absolute Gasteiger partial charge is 0.508 e. The summed E-state index contributed by atoms with van der Waals surface area (Å²) < 4.78 is 1.45. The second-order valence-corrected chi connectivity index (χ2v) is 7.06. The molecular weight excluding hydrogens is 372 g/mol. The number of carbonyl (C=O) groups excluding carboxylic acids is 1. The van der Waals surface area contributed by atoms with E-state index in [-0.39, 0.29) is 24.6 Å². The number of aryl methyl sites for hydroxylation is 1. The van der Waals surface area contributed by atoms with E-state index in [0.717, 1.165) is 5.69 Å². The number of H-pyrrole nitrogens is 1. The molecule has 29 heavy (non-hydrogen) atoms. The summed E-state index contributed by atoms with van der Waals surface area (Å²) in [7, 11) is 0. The van der Waals surface area contributed by atoms with E-state index < -0.39 is 11.2 Å². The molecule has 1 aliphatic heterocycles. The molecule has 3 aromatic rings. The highest BCUT2D eigenvalue weighted by molar-refractivity contribution is 5.79. The molecule has 0 atom stereocenters. The first kappa shape index (κ1) is 18.8. The number of rotatable bonds is 4. The van der Waals surface area contributed by atoms with E-state index >= 15 is 0 Å². The normalized spacial score (nSPS) is 14.3. The van der Waals surface area contributed by atoms with Crippen LogP contribution in [0.15, 0.2) is 58.1 Å². The van der Waals surface area contributed by atoms with E-state index in [9.17, 15) is 19.5 Å². The molecule has 0 radical (unpaired) electrons. The average molecular weight is 394 g/mol. The highest BCUT2D eigenvalue weighted by Crippen LogP contribution is 2.20. The van der Waals surface area contributed by atoms with Gasteiger partial charge in [0, 0.05) is 44.8 Å². The molecule has 8 nitrogen and oxygen atoms in total. The number of piperazine rings is 1. The smallest absolute Gasteiger partial charge is 0.328 e. The molecule has 1 saturated heterocycles. The summed E-state index contributed by atoms with van der Waals surface area (Å²) in [5, 5.41) is 9.84. The minimum absolute atomic E-state index is 0.0162. The van der Waals surface area contributed by atoms with Crippen LogP contribution >= 0.6 is 0 Å². The zero-order valence-corrected chi connectivity index (χ0v) is 15.9. The number of hydrogen-bond donors (Lipinski definition) is 2. The molecule has 0 saturated carbocycles. The van der Waals surface area contributed by atoms with Crippen LogP contribution in [0.25, 0.3) is 10.9 Å². The number of nitrogens with one attached hydrogen (secondary N) is 1. The Labute approximate surface area is 166 Å². The Bertz CT molecular complexity index is 1140. The highest BCUT2D eigenvalue weighted by atomic mass is 16.3. The van der Waals surface area contributed by atoms with Gasteiger partial charge in [0.1, 0.15) is 5.75 Å². The van der Waals surface area contributed by atoms with Gasteiger partial charge in [-0.3, -0.25) is 19.1 Å². The van der Waals surface area contributed by atoms with Crippen LogP contribution < -0.4 is 16.1 Å². The minimum Gasteiger partial charge on any atom is -0.508 e. The SMILES string of the molecule is O=C(CCn1c(=O)[nH]c(=O)c2ccccc21)N1CCN(c2ccc(O)cc2)CC1. The highest BCUT2D eigenvalue weighted by Gasteiger charge is 2.21. The van der Waals surface area contributed by atoms with Gasteiger partial charge in [-0.15, -0.1) is 0 Å². The third-order valence-corrected chi connectivity index (χ3v) is 5.30. The summed E-state index contributed by atoms with van der Waals surface area (Å²) in [6.07, 6.45) is 0.190. The lowest BCUT2D eigenvalue weighted by molar-refractivity contribution is -0.131. The number of anilines is 1. The van der Waals surface area contributed by atoms with Crippen molar-refractivity contribution in [1.29, 1.82) is 0 Å². The topological polar surface area (TPSA) is 98.6 Å². The third-order valence-electron chi connectivity index (χ3n) is 5.30. The zero-order chi connectivity index (χ0) is 20.4. The second kappa shape index (κ2) is 7.83. The average Bonchev–Trinajstić information content (AvgIpc) is 2.74. The van der Waals surface area contributed by atoms with Gasteiger partial charge in [-0.05, 0) is 36.4 Å². The van der Waals surface area contributed by atoms with Crippen molar-refractivity contribution in [2.24, 2.45) is 0 Å². The van der Waals surface area contributed by atoms with Gasteiger partial charge in [0.05, 0.1) is 10.9 Å². The van der Waals surface area contributed by atoms with Gasteiger partial charge in [0.2, 0.25) is 5.91 Å². The summed E-state index contributed by atoms with van der Waals surface area (Å²) >= 11 is 0. The molecule has 2 N–H and O–H groups in total. The number of carbonyl (C=O) groups is 1. The van der Waals surface area contributed by atoms with Crippen molar-refractivity contribution in [3.05, 3.63) is 69.4 Å². The maximum Gasteiger partial charge on any atom is 0.328 e. The second-order valence-electron chi connectivity index (χ2n) is 7.06. The number of phenolic OH excluding ortho intramolecular Hbond substituents is 1. The molecule has 150 valence electrons. The lowest BCUT2D eigenvalue weighted by Crippen LogP contribution is -2.49. The number of aromatic nitrogens is 2. The summed E-state index contributed by atoms with van der Waals surface area (Å²) in [5.74, 6) is 0.213.